The molecule has 1 aliphatic rings. The smallest absolute Gasteiger partial charge is 0.184 e. The number of aliphatic hydroxyl groups is 1. The number of pyridine rings is 1. The van der Waals surface area contributed by atoms with Crippen molar-refractivity contribution >= 4 is 53.8 Å². The van der Waals surface area contributed by atoms with E-state index in [1.54, 1.807) is 17.5 Å². The van der Waals surface area contributed by atoms with Gasteiger partial charge in [0.1, 0.15) is 5.52 Å². The molecule has 29 heavy (non-hydrogen) atoms. The maximum Gasteiger partial charge on any atom is 0.184 e. The van der Waals surface area contributed by atoms with Crippen LogP contribution in [0.4, 0.5) is 5.13 Å². The first-order chi connectivity index (χ1) is 14.2. The highest BCUT2D eigenvalue weighted by Crippen LogP contribution is 2.32. The maximum atomic E-state index is 9.66. The van der Waals surface area contributed by atoms with Crippen LogP contribution in [0.25, 0.3) is 21.4 Å². The lowest BCUT2D eigenvalue weighted by atomic mass is 9.85. The molecule has 0 spiro atoms. The fourth-order valence-corrected chi connectivity index (χ4v) is 5.45. The third kappa shape index (κ3) is 3.89. The molecule has 150 valence electrons. The molecule has 3 aromatic heterocycles. The number of aliphatic hydroxyl groups excluding tert-OH is 1. The van der Waals surface area contributed by atoms with Crippen LogP contribution in [0.2, 0.25) is 0 Å². The average molecular weight is 472 g/mol. The Morgan fingerprint density at radius 3 is 2.97 bits per heavy atom. The molecule has 6 nitrogen and oxygen atoms in total. The first-order valence-electron chi connectivity index (χ1n) is 9.93. The van der Waals surface area contributed by atoms with Crippen LogP contribution in [0.5, 0.6) is 0 Å². The van der Waals surface area contributed by atoms with Gasteiger partial charge in [-0.2, -0.15) is 0 Å². The zero-order valence-electron chi connectivity index (χ0n) is 15.9. The first kappa shape index (κ1) is 19.0. The molecule has 5 rings (SSSR count). The number of anilines is 1. The Balaban J connectivity index is 1.37. The van der Waals surface area contributed by atoms with Crippen molar-refractivity contribution in [3.63, 3.8) is 0 Å². The van der Waals surface area contributed by atoms with Gasteiger partial charge >= 0.3 is 0 Å². The number of hydrogen-bond acceptors (Lipinski definition) is 6. The minimum atomic E-state index is 0.246. The number of nitrogens with one attached hydrogen (secondary N) is 1. The molecule has 2 N–H and O–H groups in total. The second kappa shape index (κ2) is 8.01. The van der Waals surface area contributed by atoms with Crippen LogP contribution < -0.4 is 5.32 Å². The molecule has 4 aromatic rings. The predicted molar refractivity (Wildman–Crippen MR) is 120 cm³/mol. The van der Waals surface area contributed by atoms with Gasteiger partial charge < -0.3 is 15.0 Å². The van der Waals surface area contributed by atoms with E-state index in [9.17, 15) is 5.11 Å². The summed E-state index contributed by atoms with van der Waals surface area (Å²) in [6.07, 6.45) is 8.26. The van der Waals surface area contributed by atoms with E-state index in [1.165, 1.54) is 23.1 Å². The van der Waals surface area contributed by atoms with E-state index in [2.05, 4.69) is 54.0 Å². The van der Waals surface area contributed by atoms with Crippen molar-refractivity contribution in [2.75, 3.05) is 11.9 Å². The molecule has 1 aromatic carbocycles. The summed E-state index contributed by atoms with van der Waals surface area (Å²) in [4.78, 5) is 13.7. The molecule has 0 aliphatic heterocycles. The van der Waals surface area contributed by atoms with Gasteiger partial charge in [0.05, 0.1) is 23.1 Å². The zero-order valence-corrected chi connectivity index (χ0v) is 18.3. The number of aromatic nitrogens is 4. The van der Waals surface area contributed by atoms with Gasteiger partial charge in [0.15, 0.2) is 10.8 Å². The number of nitrogens with zero attached hydrogens (tertiary/aromatic N) is 4. The molecule has 8 heteroatoms. The quantitative estimate of drug-likeness (QED) is 0.436. The SMILES string of the molecule is OCC1CCCCC1Nc1nc2ccc(Cn3cnc4cc(Br)cnc43)cc2s1. The first-order valence-corrected chi connectivity index (χ1v) is 11.5. The van der Waals surface area contributed by atoms with Crippen molar-refractivity contribution in [2.24, 2.45) is 5.92 Å². The molecule has 0 amide bonds. The van der Waals surface area contributed by atoms with Gasteiger partial charge in [-0.25, -0.2) is 15.0 Å². The van der Waals surface area contributed by atoms with Crippen molar-refractivity contribution in [3.8, 4) is 0 Å². The predicted octanol–water partition coefficient (Wildman–Crippen LogP) is 4.81. The summed E-state index contributed by atoms with van der Waals surface area (Å²) in [7, 11) is 0. The number of benzene rings is 1. The van der Waals surface area contributed by atoms with E-state index in [0.717, 1.165) is 45.7 Å². The number of rotatable bonds is 5. The summed E-state index contributed by atoms with van der Waals surface area (Å²) in [6.45, 7) is 0.965. The molecule has 3 heterocycles. The molecule has 0 radical (unpaired) electrons. The topological polar surface area (TPSA) is 75.9 Å². The van der Waals surface area contributed by atoms with E-state index in [0.29, 0.717) is 12.0 Å². The molecule has 0 bridgehead atoms. The highest BCUT2D eigenvalue weighted by Gasteiger charge is 2.25. The minimum absolute atomic E-state index is 0.246. The van der Waals surface area contributed by atoms with Crippen LogP contribution >= 0.6 is 27.3 Å². The van der Waals surface area contributed by atoms with Crippen molar-refractivity contribution in [1.82, 2.24) is 19.5 Å². The van der Waals surface area contributed by atoms with Gasteiger partial charge in [-0.3, -0.25) is 0 Å². The number of fused-ring (bicyclic) bond motifs is 2. The van der Waals surface area contributed by atoms with E-state index >= 15 is 0 Å². The maximum absolute atomic E-state index is 9.66. The van der Waals surface area contributed by atoms with Crippen LogP contribution in [0.3, 0.4) is 0 Å². The number of hydrogen-bond donors (Lipinski definition) is 2. The molecule has 2 atom stereocenters. The number of thiazole rings is 1. The third-order valence-corrected chi connectivity index (χ3v) is 7.06. The van der Waals surface area contributed by atoms with Crippen molar-refractivity contribution in [3.05, 3.63) is 46.8 Å². The van der Waals surface area contributed by atoms with Crippen LogP contribution in [0.15, 0.2) is 41.3 Å². The van der Waals surface area contributed by atoms with Gasteiger partial charge in [0, 0.05) is 29.2 Å². The Bertz CT molecular complexity index is 1160. The fraction of sp³-hybridized carbons (Fsp3) is 0.381. The Morgan fingerprint density at radius 1 is 1.17 bits per heavy atom. The summed E-state index contributed by atoms with van der Waals surface area (Å²) in [5.41, 5.74) is 3.97. The molecular weight excluding hydrogens is 450 g/mol. The van der Waals surface area contributed by atoms with Crippen LogP contribution in [0, 0.1) is 5.92 Å². The lowest BCUT2D eigenvalue weighted by Gasteiger charge is -2.30. The van der Waals surface area contributed by atoms with Crippen molar-refractivity contribution in [1.29, 1.82) is 0 Å². The fourth-order valence-electron chi connectivity index (χ4n) is 4.14. The van der Waals surface area contributed by atoms with Crippen LogP contribution in [-0.4, -0.2) is 37.3 Å². The molecule has 1 aliphatic carbocycles. The van der Waals surface area contributed by atoms with E-state index in [4.69, 9.17) is 4.98 Å². The summed E-state index contributed by atoms with van der Waals surface area (Å²) in [5, 5.41) is 14.2. The van der Waals surface area contributed by atoms with Gasteiger partial charge in [-0.1, -0.05) is 30.2 Å². The lowest BCUT2D eigenvalue weighted by Crippen LogP contribution is -2.34. The summed E-state index contributed by atoms with van der Waals surface area (Å²) in [5.74, 6) is 0.327. The Morgan fingerprint density at radius 2 is 2.07 bits per heavy atom. The van der Waals surface area contributed by atoms with Gasteiger partial charge in [-0.15, -0.1) is 0 Å². The molecule has 1 fully saturated rings. The second-order valence-corrected chi connectivity index (χ2v) is 9.61. The van der Waals surface area contributed by atoms with E-state index in [1.807, 2.05) is 12.4 Å². The Hall–Kier alpha value is -2.03. The monoisotopic (exact) mass is 471 g/mol. The van der Waals surface area contributed by atoms with Crippen molar-refractivity contribution < 1.29 is 5.11 Å². The Kier molecular flexibility index (Phi) is 5.24. The van der Waals surface area contributed by atoms with Gasteiger partial charge in [-0.05, 0) is 52.5 Å². The molecule has 2 unspecified atom stereocenters. The molecule has 1 saturated carbocycles. The molecular formula is C21H22BrN5OS. The van der Waals surface area contributed by atoms with Gasteiger partial charge in [0.2, 0.25) is 0 Å². The largest absolute Gasteiger partial charge is 0.396 e. The summed E-state index contributed by atoms with van der Waals surface area (Å²) >= 11 is 5.13. The second-order valence-electron chi connectivity index (χ2n) is 7.67. The van der Waals surface area contributed by atoms with Crippen LogP contribution in [-0.2, 0) is 6.54 Å². The highest BCUT2D eigenvalue weighted by molar-refractivity contribution is 9.10. The zero-order chi connectivity index (χ0) is 19.8. The normalized spacial score (nSPS) is 19.8. The van der Waals surface area contributed by atoms with E-state index in [-0.39, 0.29) is 6.61 Å². The highest BCUT2D eigenvalue weighted by atomic mass is 79.9. The van der Waals surface area contributed by atoms with Crippen molar-refractivity contribution in [2.45, 2.75) is 38.3 Å². The number of halogens is 1. The summed E-state index contributed by atoms with van der Waals surface area (Å²) < 4.78 is 4.17. The minimum Gasteiger partial charge on any atom is -0.396 e. The van der Waals surface area contributed by atoms with Crippen LogP contribution in [0.1, 0.15) is 31.2 Å². The van der Waals surface area contributed by atoms with Gasteiger partial charge in [0.25, 0.3) is 0 Å². The lowest BCUT2D eigenvalue weighted by molar-refractivity contribution is 0.178. The average Bonchev–Trinajstić information content (AvgIpc) is 3.31. The standard InChI is InChI=1S/C21H22BrN5OS/c22-15-8-18-20(23-9-15)27(12-24-18)10-13-5-6-17-19(7-13)29-21(26-17)25-16-4-2-1-3-14(16)11-28/h5-9,12,14,16,28H,1-4,10-11H2,(H,25,26). The van der Waals surface area contributed by atoms with E-state index < -0.39 is 0 Å². The molecule has 0 saturated heterocycles. The summed E-state index contributed by atoms with van der Waals surface area (Å²) in [6, 6.07) is 8.70. The number of imidazole rings is 1. The third-order valence-electron chi connectivity index (χ3n) is 5.68. The Labute approximate surface area is 181 Å².